The van der Waals surface area contributed by atoms with Crippen molar-refractivity contribution in [1.82, 2.24) is 5.32 Å². The van der Waals surface area contributed by atoms with Crippen molar-refractivity contribution in [2.45, 2.75) is 6.54 Å². The Morgan fingerprint density at radius 3 is 2.22 bits per heavy atom. The van der Waals surface area contributed by atoms with Crippen LogP contribution in [0.4, 0.5) is 10.1 Å². The van der Waals surface area contributed by atoms with E-state index in [-0.39, 0.29) is 12.5 Å². The Bertz CT molecular complexity index is 1150. The predicted octanol–water partition coefficient (Wildman–Crippen LogP) is 4.25. The van der Waals surface area contributed by atoms with Crippen LogP contribution in [0.5, 0.6) is 5.75 Å². The van der Waals surface area contributed by atoms with Gasteiger partial charge in [-0.2, -0.15) is 0 Å². The normalized spacial score (nSPS) is 11.1. The van der Waals surface area contributed by atoms with Gasteiger partial charge in [0, 0.05) is 10.6 Å². The fraction of sp³-hybridized carbons (Fsp3) is 0.174. The molecule has 0 aliphatic rings. The molecule has 0 radical (unpaired) electrons. The maximum atomic E-state index is 13.2. The summed E-state index contributed by atoms with van der Waals surface area (Å²) in [5.41, 5.74) is 1.48. The SMILES string of the molecule is CS(=O)(=O)N(Cc1ccc(C(=O)NCCOc2ccc(Cl)cc2)cc1)c1ccc(F)cc1. The first kappa shape index (κ1) is 23.6. The van der Waals surface area contributed by atoms with Crippen LogP contribution < -0.4 is 14.4 Å². The number of carbonyl (C=O) groups excluding carboxylic acids is 1. The molecule has 6 nitrogen and oxygen atoms in total. The van der Waals surface area contributed by atoms with Crippen molar-refractivity contribution in [2.75, 3.05) is 23.7 Å². The van der Waals surface area contributed by atoms with Gasteiger partial charge in [0.2, 0.25) is 10.0 Å². The van der Waals surface area contributed by atoms with Gasteiger partial charge in [-0.25, -0.2) is 12.8 Å². The van der Waals surface area contributed by atoms with Gasteiger partial charge in [0.25, 0.3) is 5.91 Å². The maximum Gasteiger partial charge on any atom is 0.251 e. The summed E-state index contributed by atoms with van der Waals surface area (Å²) in [5.74, 6) is -0.0597. The molecule has 0 heterocycles. The van der Waals surface area contributed by atoms with Crippen LogP contribution in [0.2, 0.25) is 5.02 Å². The van der Waals surface area contributed by atoms with E-state index >= 15 is 0 Å². The molecule has 1 amide bonds. The third-order valence-electron chi connectivity index (χ3n) is 4.53. The summed E-state index contributed by atoms with van der Waals surface area (Å²) in [5, 5.41) is 3.38. The summed E-state index contributed by atoms with van der Waals surface area (Å²) in [6.07, 6.45) is 1.09. The lowest BCUT2D eigenvalue weighted by molar-refractivity contribution is 0.0947. The Kier molecular flexibility index (Phi) is 7.71. The number of amides is 1. The third-order valence-corrected chi connectivity index (χ3v) is 5.92. The average Bonchev–Trinajstić information content (AvgIpc) is 2.76. The van der Waals surface area contributed by atoms with Crippen molar-refractivity contribution in [3.05, 3.63) is 94.8 Å². The number of halogens is 2. The maximum absolute atomic E-state index is 13.2. The zero-order valence-electron chi connectivity index (χ0n) is 17.3. The largest absolute Gasteiger partial charge is 0.492 e. The molecule has 0 spiro atoms. The van der Waals surface area contributed by atoms with Crippen LogP contribution in [0.1, 0.15) is 15.9 Å². The fourth-order valence-corrected chi connectivity index (χ4v) is 3.92. The number of rotatable bonds is 9. The lowest BCUT2D eigenvalue weighted by atomic mass is 10.1. The highest BCUT2D eigenvalue weighted by Gasteiger charge is 2.18. The minimum atomic E-state index is -3.59. The third kappa shape index (κ3) is 6.70. The molecule has 0 saturated carbocycles. The van der Waals surface area contributed by atoms with E-state index < -0.39 is 15.8 Å². The van der Waals surface area contributed by atoms with Gasteiger partial charge in [-0.05, 0) is 66.2 Å². The Hall–Kier alpha value is -3.10. The van der Waals surface area contributed by atoms with Crippen LogP contribution in [0.3, 0.4) is 0 Å². The number of sulfonamides is 1. The van der Waals surface area contributed by atoms with Gasteiger partial charge in [-0.1, -0.05) is 23.7 Å². The lowest BCUT2D eigenvalue weighted by Crippen LogP contribution is -2.29. The molecule has 0 aliphatic carbocycles. The summed E-state index contributed by atoms with van der Waals surface area (Å²) in [6, 6.07) is 18.8. The predicted molar refractivity (Wildman–Crippen MR) is 123 cm³/mol. The van der Waals surface area contributed by atoms with Gasteiger partial charge < -0.3 is 10.1 Å². The molecule has 0 saturated heterocycles. The number of hydrogen-bond acceptors (Lipinski definition) is 4. The zero-order valence-corrected chi connectivity index (χ0v) is 18.9. The van der Waals surface area contributed by atoms with Crippen molar-refractivity contribution in [1.29, 1.82) is 0 Å². The number of nitrogens with one attached hydrogen (secondary N) is 1. The summed E-state index contributed by atoms with van der Waals surface area (Å²) in [4.78, 5) is 12.3. The average molecular weight is 477 g/mol. The first-order valence-electron chi connectivity index (χ1n) is 9.71. The fourth-order valence-electron chi connectivity index (χ4n) is 2.90. The van der Waals surface area contributed by atoms with Crippen LogP contribution >= 0.6 is 11.6 Å². The molecule has 9 heteroatoms. The van der Waals surface area contributed by atoms with Crippen LogP contribution in [-0.2, 0) is 16.6 Å². The van der Waals surface area contributed by atoms with Gasteiger partial charge >= 0.3 is 0 Å². The molecule has 0 bridgehead atoms. The van der Waals surface area contributed by atoms with Crippen molar-refractivity contribution in [3.8, 4) is 5.75 Å². The van der Waals surface area contributed by atoms with Crippen molar-refractivity contribution in [2.24, 2.45) is 0 Å². The summed E-state index contributed by atoms with van der Waals surface area (Å²) in [6.45, 7) is 0.670. The smallest absolute Gasteiger partial charge is 0.251 e. The number of benzene rings is 3. The number of hydrogen-bond donors (Lipinski definition) is 1. The van der Waals surface area contributed by atoms with Crippen molar-refractivity contribution >= 4 is 33.2 Å². The molecular formula is C23H22ClFN2O4S. The van der Waals surface area contributed by atoms with Crippen molar-refractivity contribution < 1.29 is 22.3 Å². The number of ether oxygens (including phenoxy) is 1. The van der Waals surface area contributed by atoms with Gasteiger partial charge in [0.1, 0.15) is 18.2 Å². The van der Waals surface area contributed by atoms with Crippen LogP contribution in [-0.4, -0.2) is 33.7 Å². The highest BCUT2D eigenvalue weighted by molar-refractivity contribution is 7.92. The molecule has 32 heavy (non-hydrogen) atoms. The summed E-state index contributed by atoms with van der Waals surface area (Å²) in [7, 11) is -3.59. The standard InChI is InChI=1S/C23H22ClFN2O4S/c1-32(29,30)27(21-10-8-20(25)9-11-21)16-17-2-4-18(5-3-17)23(28)26-14-15-31-22-12-6-19(24)7-13-22/h2-13H,14-16H2,1H3,(H,26,28). The van der Waals surface area contributed by atoms with E-state index in [0.717, 1.165) is 6.26 Å². The molecule has 0 aromatic heterocycles. The number of anilines is 1. The first-order valence-corrected chi connectivity index (χ1v) is 11.9. The zero-order chi connectivity index (χ0) is 23.1. The van der Waals surface area contributed by atoms with Gasteiger partial charge in [0.05, 0.1) is 25.0 Å². The summed E-state index contributed by atoms with van der Waals surface area (Å²) >= 11 is 5.82. The molecule has 0 unspecified atom stereocenters. The van der Waals surface area contributed by atoms with Gasteiger partial charge in [-0.3, -0.25) is 9.10 Å². The number of nitrogens with zero attached hydrogens (tertiary/aromatic N) is 1. The Labute approximate surface area is 191 Å². The molecule has 0 aliphatic heterocycles. The van der Waals surface area contributed by atoms with E-state index in [0.29, 0.717) is 40.7 Å². The minimum Gasteiger partial charge on any atom is -0.492 e. The second-order valence-corrected chi connectivity index (χ2v) is 9.34. The molecule has 168 valence electrons. The Balaban J connectivity index is 1.56. The Morgan fingerprint density at radius 1 is 1.00 bits per heavy atom. The van der Waals surface area contributed by atoms with Crippen LogP contribution in [0.15, 0.2) is 72.8 Å². The van der Waals surface area contributed by atoms with Crippen molar-refractivity contribution in [3.63, 3.8) is 0 Å². The minimum absolute atomic E-state index is 0.0568. The van der Waals surface area contributed by atoms with Gasteiger partial charge in [0.15, 0.2) is 0 Å². The molecule has 3 rings (SSSR count). The van der Waals surface area contributed by atoms with E-state index in [9.17, 15) is 17.6 Å². The van der Waals surface area contributed by atoms with E-state index in [2.05, 4.69) is 5.32 Å². The van der Waals surface area contributed by atoms with E-state index in [4.69, 9.17) is 16.3 Å². The Morgan fingerprint density at radius 2 is 1.62 bits per heavy atom. The second kappa shape index (κ2) is 10.5. The molecule has 3 aromatic carbocycles. The molecule has 0 fully saturated rings. The van der Waals surface area contributed by atoms with E-state index in [1.165, 1.54) is 28.6 Å². The molecular weight excluding hydrogens is 455 g/mol. The highest BCUT2D eigenvalue weighted by Crippen LogP contribution is 2.21. The second-order valence-electron chi connectivity index (χ2n) is 7.00. The topological polar surface area (TPSA) is 75.7 Å². The number of carbonyl (C=O) groups is 1. The molecule has 3 aromatic rings. The molecule has 1 N–H and O–H groups in total. The van der Waals surface area contributed by atoms with E-state index in [1.54, 1.807) is 48.5 Å². The quantitative estimate of drug-likeness (QED) is 0.468. The first-order chi connectivity index (χ1) is 15.2. The van der Waals surface area contributed by atoms with E-state index in [1.807, 2.05) is 0 Å². The lowest BCUT2D eigenvalue weighted by Gasteiger charge is -2.22. The van der Waals surface area contributed by atoms with Crippen LogP contribution in [0.25, 0.3) is 0 Å². The molecule has 0 atom stereocenters. The van der Waals surface area contributed by atoms with Gasteiger partial charge in [-0.15, -0.1) is 0 Å². The highest BCUT2D eigenvalue weighted by atomic mass is 35.5. The monoisotopic (exact) mass is 476 g/mol. The summed E-state index contributed by atoms with van der Waals surface area (Å²) < 4.78 is 44.3. The van der Waals surface area contributed by atoms with Crippen LogP contribution in [0, 0.1) is 5.82 Å².